The maximum absolute atomic E-state index is 9.37. The van der Waals surface area contributed by atoms with Gasteiger partial charge in [0.1, 0.15) is 0 Å². The van der Waals surface area contributed by atoms with Gasteiger partial charge in [-0.05, 0) is 5.92 Å². The molecule has 0 heterocycles. The molecule has 0 spiro atoms. The van der Waals surface area contributed by atoms with Gasteiger partial charge in [-0.15, -0.1) is 0 Å². The Hall–Kier alpha value is -0.0900. The van der Waals surface area contributed by atoms with E-state index >= 15 is 0 Å². The molecule has 1 N–H and O–H groups in total. The Morgan fingerprint density at radius 3 is 1.80 bits per heavy atom. The summed E-state index contributed by atoms with van der Waals surface area (Å²) in [6, 6.07) is 0. The molecule has 0 aliphatic heterocycles. The van der Waals surface area contributed by atoms with E-state index < -0.39 is 10.9 Å². The molecule has 0 unspecified atom stereocenters. The van der Waals surface area contributed by atoms with Gasteiger partial charge in [0.05, 0.1) is 0 Å². The zero-order chi connectivity index (χ0) is 8.57. The van der Waals surface area contributed by atoms with Gasteiger partial charge in [-0.25, -0.2) is 0 Å². The molecule has 3 nitrogen and oxygen atoms in total. The van der Waals surface area contributed by atoms with Gasteiger partial charge in [0.15, 0.2) is 0 Å². The normalized spacial score (nSPS) is 9.40. The summed E-state index contributed by atoms with van der Waals surface area (Å²) in [5.41, 5.74) is 0. The zero-order valence-corrected chi connectivity index (χ0v) is 7.83. The first-order chi connectivity index (χ1) is 4.54. The monoisotopic (exact) mass is 166 g/mol. The molecule has 0 aliphatic rings. The highest BCUT2D eigenvalue weighted by Crippen LogP contribution is 1.93. The summed E-state index contributed by atoms with van der Waals surface area (Å²) < 4.78 is 19.3. The Morgan fingerprint density at radius 1 is 1.60 bits per heavy atom. The van der Waals surface area contributed by atoms with Crippen molar-refractivity contribution < 1.29 is 8.39 Å². The van der Waals surface area contributed by atoms with Gasteiger partial charge in [-0.2, -0.15) is 0 Å². The van der Waals surface area contributed by atoms with Crippen molar-refractivity contribution in [2.75, 3.05) is 7.11 Å². The van der Waals surface area contributed by atoms with E-state index in [1.54, 1.807) is 0 Å². The highest BCUT2D eigenvalue weighted by atomic mass is 32.2. The van der Waals surface area contributed by atoms with Crippen LogP contribution in [0, 0.1) is 10.7 Å². The van der Waals surface area contributed by atoms with E-state index in [2.05, 4.69) is 25.0 Å². The molecular formula is C6H16NO2S-. The molecule has 0 saturated heterocycles. The average Bonchev–Trinajstić information content (AvgIpc) is 1.89. The topological polar surface area (TPSA) is 50.1 Å². The first kappa shape index (κ1) is 12.6. The van der Waals surface area contributed by atoms with Crippen LogP contribution in [0.2, 0.25) is 0 Å². The van der Waals surface area contributed by atoms with E-state index in [9.17, 15) is 4.21 Å². The number of nitrogens with one attached hydrogen (secondary N) is 1. The lowest BCUT2D eigenvalue weighted by molar-refractivity contribution is 0.435. The highest BCUT2D eigenvalue weighted by molar-refractivity contribution is 7.68. The minimum Gasteiger partial charge on any atom is -0.442 e. The summed E-state index contributed by atoms with van der Waals surface area (Å²) in [4.78, 5) is 0. The van der Waals surface area contributed by atoms with Gasteiger partial charge >= 0.3 is 0 Å². The fraction of sp³-hybridized carbons (Fsp3) is 1.00. The highest BCUT2D eigenvalue weighted by Gasteiger charge is 1.80. The maximum Gasteiger partial charge on any atom is 0.0146 e. The van der Waals surface area contributed by atoms with Crippen molar-refractivity contribution in [2.24, 2.45) is 5.92 Å². The molecule has 0 rings (SSSR count). The van der Waals surface area contributed by atoms with Gasteiger partial charge in [-0.1, -0.05) is 38.1 Å². The summed E-state index contributed by atoms with van der Waals surface area (Å²) in [6.45, 7) is 6.64. The quantitative estimate of drug-likeness (QED) is 0.640. The lowest BCUT2D eigenvalue weighted by atomic mass is 10.2. The number of hydrogen-bond acceptors (Lipinski definition) is 4. The van der Waals surface area contributed by atoms with Crippen LogP contribution in [0.1, 0.15) is 27.2 Å². The summed E-state index contributed by atoms with van der Waals surface area (Å²) >= 11 is 0. The van der Waals surface area contributed by atoms with Crippen molar-refractivity contribution in [1.29, 1.82) is 4.78 Å². The second-order valence-corrected chi connectivity index (χ2v) is 3.01. The Labute approximate surface area is 65.0 Å². The van der Waals surface area contributed by atoms with Crippen LogP contribution in [0.4, 0.5) is 0 Å². The maximum atomic E-state index is 9.37. The van der Waals surface area contributed by atoms with Crippen LogP contribution in [0.5, 0.6) is 0 Å². The molecule has 0 atom stereocenters. The molecular weight excluding hydrogens is 150 g/mol. The molecule has 64 valence electrons. The van der Waals surface area contributed by atoms with Crippen molar-refractivity contribution in [3.05, 3.63) is 0 Å². The second kappa shape index (κ2) is 8.91. The lowest BCUT2D eigenvalue weighted by Crippen LogP contribution is -1.77. The summed E-state index contributed by atoms with van der Waals surface area (Å²) in [7, 11) is -0.611. The van der Waals surface area contributed by atoms with E-state index in [0.717, 1.165) is 5.92 Å². The van der Waals surface area contributed by atoms with Crippen LogP contribution in [0.3, 0.4) is 0 Å². The molecule has 0 aromatic heterocycles. The molecule has 4 heteroatoms. The predicted molar refractivity (Wildman–Crippen MR) is 42.9 cm³/mol. The third kappa shape index (κ3) is 24.7. The van der Waals surface area contributed by atoms with Crippen LogP contribution in [-0.2, 0) is 19.3 Å². The van der Waals surface area contributed by atoms with E-state index in [1.165, 1.54) is 13.5 Å². The van der Waals surface area contributed by atoms with E-state index in [0.29, 0.717) is 0 Å². The zero-order valence-electron chi connectivity index (χ0n) is 7.01. The molecule has 0 aliphatic carbocycles. The van der Waals surface area contributed by atoms with Gasteiger partial charge in [0, 0.05) is 7.11 Å². The van der Waals surface area contributed by atoms with E-state index in [-0.39, 0.29) is 0 Å². The van der Waals surface area contributed by atoms with Crippen LogP contribution in [-0.4, -0.2) is 7.11 Å². The molecule has 0 bridgehead atoms. The van der Waals surface area contributed by atoms with Gasteiger partial charge < -0.3 is 13.2 Å². The van der Waals surface area contributed by atoms with Gasteiger partial charge in [0.25, 0.3) is 0 Å². The van der Waals surface area contributed by atoms with Crippen LogP contribution in [0.15, 0.2) is 0 Å². The fourth-order valence-electron chi connectivity index (χ4n) is 0. The number of rotatable bonds is 2. The molecule has 0 radical (unpaired) electrons. The Morgan fingerprint density at radius 2 is 1.80 bits per heavy atom. The summed E-state index contributed by atoms with van der Waals surface area (Å²) in [6.07, 6.45) is 1.31. The Balaban J connectivity index is 0. The molecule has 0 fully saturated rings. The Bertz CT molecular complexity index is 113. The summed E-state index contributed by atoms with van der Waals surface area (Å²) in [5, 5.41) is 0. The van der Waals surface area contributed by atoms with Crippen molar-refractivity contribution in [3.63, 3.8) is 0 Å². The Kier molecular flexibility index (Phi) is 11.2. The van der Waals surface area contributed by atoms with E-state index in [4.69, 9.17) is 4.78 Å². The average molecular weight is 166 g/mol. The molecule has 0 saturated carbocycles. The van der Waals surface area contributed by atoms with Gasteiger partial charge in [0.2, 0.25) is 0 Å². The second-order valence-electron chi connectivity index (χ2n) is 2.20. The number of hydrogen-bond donors (Lipinski definition) is 1. The fourth-order valence-corrected chi connectivity index (χ4v) is 0. The first-order valence-corrected chi connectivity index (χ1v) is 4.29. The molecule has 0 aromatic carbocycles. The van der Waals surface area contributed by atoms with Crippen molar-refractivity contribution in [2.45, 2.75) is 27.2 Å². The van der Waals surface area contributed by atoms with Crippen LogP contribution >= 0.6 is 0 Å². The van der Waals surface area contributed by atoms with Crippen LogP contribution < -0.4 is 0 Å². The van der Waals surface area contributed by atoms with Crippen LogP contribution in [0.25, 0.3) is 0 Å². The third-order valence-corrected chi connectivity index (χ3v) is 1.27. The smallest absolute Gasteiger partial charge is 0.0146 e. The van der Waals surface area contributed by atoms with Gasteiger partial charge in [-0.3, -0.25) is 0 Å². The summed E-state index contributed by atoms with van der Waals surface area (Å²) in [5.74, 6) is 0.884. The van der Waals surface area contributed by atoms with Crippen molar-refractivity contribution in [3.8, 4) is 0 Å². The lowest BCUT2D eigenvalue weighted by Gasteiger charge is -1.90. The predicted octanol–water partition coefficient (Wildman–Crippen LogP) is 2.33. The van der Waals surface area contributed by atoms with Crippen molar-refractivity contribution >= 4 is 10.9 Å². The first-order valence-electron chi connectivity index (χ1n) is 3.22. The standard InChI is InChI=1S/C5H12.CH4NO2S/c2*1-4-5(2)3/h5H,4H2,1-3H3;2H,1H3/q;-1. The van der Waals surface area contributed by atoms with E-state index in [1.807, 2.05) is 0 Å². The van der Waals surface area contributed by atoms with Crippen molar-refractivity contribution in [1.82, 2.24) is 0 Å². The molecule has 10 heavy (non-hydrogen) atoms. The minimum absolute atomic E-state index is 0.884. The molecule has 0 amide bonds. The minimum atomic E-state index is -1.82. The largest absolute Gasteiger partial charge is 0.442 e. The SMILES string of the molecule is CCC(C)C.CO[S-](=N)=O. The third-order valence-electron chi connectivity index (χ3n) is 0.968. The molecule has 0 aromatic rings.